The molecular formula is C17H15BrClN3O2. The topological polar surface area (TPSA) is 70.6 Å². The molecule has 0 spiro atoms. The van der Waals surface area contributed by atoms with Gasteiger partial charge in [-0.3, -0.25) is 9.59 Å². The number of amides is 2. The average molecular weight is 409 g/mol. The molecular weight excluding hydrogens is 394 g/mol. The Bertz CT molecular complexity index is 748. The molecule has 2 aromatic carbocycles. The highest BCUT2D eigenvalue weighted by Gasteiger charge is 2.06. The third kappa shape index (κ3) is 6.52. The van der Waals surface area contributed by atoms with Gasteiger partial charge in [0.2, 0.25) is 11.8 Å². The Morgan fingerprint density at radius 1 is 1.08 bits per heavy atom. The Hall–Kier alpha value is -2.18. The van der Waals surface area contributed by atoms with Crippen molar-refractivity contribution in [3.05, 3.63) is 63.6 Å². The Morgan fingerprint density at radius 2 is 1.79 bits per heavy atom. The lowest BCUT2D eigenvalue weighted by atomic mass is 10.2. The van der Waals surface area contributed by atoms with Crippen LogP contribution in [0.5, 0.6) is 0 Å². The van der Waals surface area contributed by atoms with Crippen LogP contribution in [-0.4, -0.2) is 18.0 Å². The highest BCUT2D eigenvalue weighted by atomic mass is 79.9. The van der Waals surface area contributed by atoms with E-state index in [0.717, 1.165) is 10.0 Å². The lowest BCUT2D eigenvalue weighted by Crippen LogP contribution is -2.20. The minimum atomic E-state index is -0.326. The van der Waals surface area contributed by atoms with Gasteiger partial charge in [-0.25, -0.2) is 5.43 Å². The lowest BCUT2D eigenvalue weighted by molar-refractivity contribution is -0.124. The molecule has 7 heteroatoms. The molecule has 0 aliphatic rings. The highest BCUT2D eigenvalue weighted by molar-refractivity contribution is 9.10. The first-order valence-corrected chi connectivity index (χ1v) is 8.33. The summed E-state index contributed by atoms with van der Waals surface area (Å²) >= 11 is 9.12. The number of anilines is 1. The Morgan fingerprint density at radius 3 is 2.50 bits per heavy atom. The number of nitrogens with zero attached hydrogens (tertiary/aromatic N) is 1. The minimum absolute atomic E-state index is 0.0508. The molecule has 0 saturated heterocycles. The normalized spacial score (nSPS) is 10.6. The summed E-state index contributed by atoms with van der Waals surface area (Å²) in [6, 6.07) is 14.3. The summed E-state index contributed by atoms with van der Waals surface area (Å²) in [5.41, 5.74) is 3.88. The van der Waals surface area contributed by atoms with Crippen LogP contribution < -0.4 is 10.7 Å². The Balaban J connectivity index is 1.72. The molecule has 0 fully saturated rings. The zero-order valence-corrected chi connectivity index (χ0v) is 15.0. The summed E-state index contributed by atoms with van der Waals surface area (Å²) in [5.74, 6) is -0.573. The van der Waals surface area contributed by atoms with E-state index >= 15 is 0 Å². The molecule has 124 valence electrons. The van der Waals surface area contributed by atoms with Crippen LogP contribution in [0.1, 0.15) is 18.4 Å². The van der Waals surface area contributed by atoms with E-state index in [9.17, 15) is 9.59 Å². The molecule has 0 aliphatic carbocycles. The van der Waals surface area contributed by atoms with E-state index in [1.807, 2.05) is 24.3 Å². The molecule has 0 aliphatic heterocycles. The molecule has 0 unspecified atom stereocenters. The fourth-order valence-corrected chi connectivity index (χ4v) is 2.35. The van der Waals surface area contributed by atoms with Crippen molar-refractivity contribution in [1.82, 2.24) is 5.43 Å². The summed E-state index contributed by atoms with van der Waals surface area (Å²) in [5, 5.41) is 7.15. The van der Waals surface area contributed by atoms with E-state index in [0.29, 0.717) is 10.7 Å². The molecule has 0 radical (unpaired) electrons. The van der Waals surface area contributed by atoms with Gasteiger partial charge in [-0.05, 0) is 42.0 Å². The maximum atomic E-state index is 11.8. The number of rotatable bonds is 6. The van der Waals surface area contributed by atoms with Crippen molar-refractivity contribution in [3.63, 3.8) is 0 Å². The van der Waals surface area contributed by atoms with E-state index in [1.165, 1.54) is 6.21 Å². The minimum Gasteiger partial charge on any atom is -0.326 e. The van der Waals surface area contributed by atoms with Crippen LogP contribution in [0.2, 0.25) is 5.02 Å². The van der Waals surface area contributed by atoms with E-state index < -0.39 is 0 Å². The van der Waals surface area contributed by atoms with Gasteiger partial charge in [0, 0.05) is 28.0 Å². The fourth-order valence-electron chi connectivity index (χ4n) is 1.81. The van der Waals surface area contributed by atoms with Crippen molar-refractivity contribution in [2.75, 3.05) is 5.32 Å². The SMILES string of the molecule is O=C(CCC(=O)Nc1ccc(Cl)cc1)N/N=C\c1cccc(Br)c1. The van der Waals surface area contributed by atoms with Crippen LogP contribution in [0.15, 0.2) is 58.1 Å². The van der Waals surface area contributed by atoms with Gasteiger partial charge in [-0.2, -0.15) is 5.10 Å². The van der Waals surface area contributed by atoms with Gasteiger partial charge in [0.05, 0.1) is 6.21 Å². The zero-order valence-electron chi connectivity index (χ0n) is 12.6. The van der Waals surface area contributed by atoms with Crippen LogP contribution in [0.4, 0.5) is 5.69 Å². The Labute approximate surface area is 153 Å². The second kappa shape index (κ2) is 9.20. The van der Waals surface area contributed by atoms with Gasteiger partial charge in [0.25, 0.3) is 0 Å². The molecule has 0 bridgehead atoms. The standard InChI is InChI=1S/C17H15BrClN3O2/c18-13-3-1-2-12(10-13)11-20-22-17(24)9-8-16(23)21-15-6-4-14(19)5-7-15/h1-7,10-11H,8-9H2,(H,21,23)(H,22,24)/b20-11-. The predicted octanol–water partition coefficient (Wildman–Crippen LogP) is 3.97. The van der Waals surface area contributed by atoms with Crippen LogP contribution in [0.25, 0.3) is 0 Å². The van der Waals surface area contributed by atoms with Crippen LogP contribution in [0.3, 0.4) is 0 Å². The average Bonchev–Trinajstić information content (AvgIpc) is 2.55. The van der Waals surface area contributed by atoms with Gasteiger partial charge in [-0.1, -0.05) is 39.7 Å². The number of hydrogen-bond donors (Lipinski definition) is 2. The van der Waals surface area contributed by atoms with Gasteiger partial charge in [-0.15, -0.1) is 0 Å². The molecule has 2 rings (SSSR count). The number of carbonyl (C=O) groups excluding carboxylic acids is 2. The third-order valence-electron chi connectivity index (χ3n) is 2.96. The maximum absolute atomic E-state index is 11.8. The third-order valence-corrected chi connectivity index (χ3v) is 3.70. The number of carbonyl (C=O) groups is 2. The van der Waals surface area contributed by atoms with Crippen LogP contribution >= 0.6 is 27.5 Å². The Kier molecular flexibility index (Phi) is 6.96. The van der Waals surface area contributed by atoms with Gasteiger partial charge >= 0.3 is 0 Å². The summed E-state index contributed by atoms with van der Waals surface area (Å²) in [6.45, 7) is 0. The van der Waals surface area contributed by atoms with Crippen molar-refractivity contribution in [2.45, 2.75) is 12.8 Å². The number of hydrazone groups is 1. The second-order valence-electron chi connectivity index (χ2n) is 4.90. The molecule has 2 amide bonds. The van der Waals surface area contributed by atoms with Gasteiger partial charge in [0.1, 0.15) is 0 Å². The number of hydrogen-bond acceptors (Lipinski definition) is 3. The first kappa shape index (κ1) is 18.2. The molecule has 0 saturated carbocycles. The summed E-state index contributed by atoms with van der Waals surface area (Å²) in [6.07, 6.45) is 1.66. The molecule has 0 aromatic heterocycles. The molecule has 24 heavy (non-hydrogen) atoms. The summed E-state index contributed by atoms with van der Waals surface area (Å²) in [7, 11) is 0. The summed E-state index contributed by atoms with van der Waals surface area (Å²) < 4.78 is 0.927. The second-order valence-corrected chi connectivity index (χ2v) is 6.26. The van der Waals surface area contributed by atoms with Crippen molar-refractivity contribution in [3.8, 4) is 0 Å². The predicted molar refractivity (Wildman–Crippen MR) is 99.2 cm³/mol. The van der Waals surface area contributed by atoms with Crippen molar-refractivity contribution in [2.24, 2.45) is 5.10 Å². The monoisotopic (exact) mass is 407 g/mol. The van der Waals surface area contributed by atoms with Crippen molar-refractivity contribution >= 4 is 51.2 Å². The zero-order chi connectivity index (χ0) is 17.4. The fraction of sp³-hybridized carbons (Fsp3) is 0.118. The number of nitrogens with one attached hydrogen (secondary N) is 2. The molecule has 0 heterocycles. The van der Waals surface area contributed by atoms with Gasteiger partial charge < -0.3 is 5.32 Å². The van der Waals surface area contributed by atoms with E-state index in [1.54, 1.807) is 24.3 Å². The number of halogens is 2. The van der Waals surface area contributed by atoms with E-state index in [2.05, 4.69) is 31.8 Å². The smallest absolute Gasteiger partial charge is 0.240 e. The molecule has 2 N–H and O–H groups in total. The largest absolute Gasteiger partial charge is 0.326 e. The quantitative estimate of drug-likeness (QED) is 0.561. The lowest BCUT2D eigenvalue weighted by Gasteiger charge is -2.04. The first-order chi connectivity index (χ1) is 11.5. The maximum Gasteiger partial charge on any atom is 0.240 e. The van der Waals surface area contributed by atoms with Crippen LogP contribution in [-0.2, 0) is 9.59 Å². The van der Waals surface area contributed by atoms with Crippen LogP contribution in [0, 0.1) is 0 Å². The van der Waals surface area contributed by atoms with Crippen molar-refractivity contribution < 1.29 is 9.59 Å². The highest BCUT2D eigenvalue weighted by Crippen LogP contribution is 2.13. The van der Waals surface area contributed by atoms with Crippen molar-refractivity contribution in [1.29, 1.82) is 0 Å². The van der Waals surface area contributed by atoms with Gasteiger partial charge in [0.15, 0.2) is 0 Å². The molecule has 0 atom stereocenters. The first-order valence-electron chi connectivity index (χ1n) is 7.16. The molecule has 5 nitrogen and oxygen atoms in total. The molecule has 2 aromatic rings. The van der Waals surface area contributed by atoms with E-state index in [4.69, 9.17) is 11.6 Å². The number of benzene rings is 2. The summed E-state index contributed by atoms with van der Waals surface area (Å²) in [4.78, 5) is 23.4. The van der Waals surface area contributed by atoms with E-state index in [-0.39, 0.29) is 24.7 Å².